The number of rotatable bonds is 16. The molecule has 0 saturated heterocycles. The summed E-state index contributed by atoms with van der Waals surface area (Å²) >= 11 is 0. The van der Waals surface area contributed by atoms with Gasteiger partial charge in [-0.3, -0.25) is 19.2 Å². The van der Waals surface area contributed by atoms with Crippen LogP contribution in [0.4, 0.5) is 0 Å². The summed E-state index contributed by atoms with van der Waals surface area (Å²) in [4.78, 5) is 63.8. The van der Waals surface area contributed by atoms with Crippen LogP contribution in [0.2, 0.25) is 0 Å². The van der Waals surface area contributed by atoms with Gasteiger partial charge in [0, 0.05) is 0 Å². The van der Waals surface area contributed by atoms with Crippen molar-refractivity contribution in [2.24, 2.45) is 35.3 Å². The average molecular weight is 542 g/mol. The highest BCUT2D eigenvalue weighted by atomic mass is 16.4. The number of hydrogen-bond acceptors (Lipinski definition) is 6. The molecule has 11 heteroatoms. The SMILES string of the molecule is CCC(C)C(N)C(=O)NC(C(=O)NC(C(=O)NC(C(=O)NC(C(=O)O)C(C)CC)C(C)C)C(C)C)C(C)C. The number of carbonyl (C=O) groups excluding carboxylic acids is 4. The van der Waals surface area contributed by atoms with Crippen molar-refractivity contribution < 1.29 is 29.1 Å². The predicted molar refractivity (Wildman–Crippen MR) is 147 cm³/mol. The molecular formula is C27H51N5O6. The van der Waals surface area contributed by atoms with E-state index in [9.17, 15) is 29.1 Å². The minimum atomic E-state index is -1.15. The Morgan fingerprint density at radius 3 is 1.11 bits per heavy atom. The van der Waals surface area contributed by atoms with Crippen molar-refractivity contribution in [3.63, 3.8) is 0 Å². The molecule has 38 heavy (non-hydrogen) atoms. The molecule has 0 aromatic heterocycles. The molecule has 0 spiro atoms. The van der Waals surface area contributed by atoms with Crippen LogP contribution in [-0.4, -0.2) is 64.9 Å². The van der Waals surface area contributed by atoms with Crippen LogP contribution in [0.25, 0.3) is 0 Å². The Hall–Kier alpha value is -2.69. The highest BCUT2D eigenvalue weighted by molar-refractivity contribution is 5.95. The quantitative estimate of drug-likeness (QED) is 0.171. The summed E-state index contributed by atoms with van der Waals surface area (Å²) in [6.45, 7) is 17.9. The van der Waals surface area contributed by atoms with Gasteiger partial charge in [0.25, 0.3) is 0 Å². The van der Waals surface area contributed by atoms with E-state index in [1.54, 1.807) is 48.5 Å². The van der Waals surface area contributed by atoms with Crippen LogP contribution >= 0.6 is 0 Å². The lowest BCUT2D eigenvalue weighted by molar-refractivity contribution is -0.144. The fraction of sp³-hybridized carbons (Fsp3) is 0.815. The van der Waals surface area contributed by atoms with Crippen LogP contribution in [0.1, 0.15) is 82.1 Å². The number of nitrogens with two attached hydrogens (primary N) is 1. The van der Waals surface area contributed by atoms with E-state index in [-0.39, 0.29) is 29.6 Å². The molecule has 0 aromatic carbocycles. The molecule has 0 aliphatic rings. The normalized spacial score (nSPS) is 17.1. The van der Waals surface area contributed by atoms with E-state index in [1.807, 2.05) is 20.8 Å². The van der Waals surface area contributed by atoms with Crippen molar-refractivity contribution in [2.45, 2.75) is 112 Å². The van der Waals surface area contributed by atoms with Gasteiger partial charge in [0.1, 0.15) is 24.2 Å². The summed E-state index contributed by atoms with van der Waals surface area (Å²) < 4.78 is 0. The number of carbonyl (C=O) groups is 5. The minimum Gasteiger partial charge on any atom is -0.480 e. The van der Waals surface area contributed by atoms with E-state index >= 15 is 0 Å². The molecule has 0 aliphatic carbocycles. The van der Waals surface area contributed by atoms with Gasteiger partial charge in [0.15, 0.2) is 0 Å². The standard InChI is InChI=1S/C27H51N5O6/c1-11-16(9)18(28)23(33)29-19(13(3)4)24(34)30-20(14(5)6)25(35)31-21(15(7)8)26(36)32-22(27(37)38)17(10)12-2/h13-22H,11-12,28H2,1-10H3,(H,29,33)(H,30,34)(H,31,35)(H,32,36)(H,37,38). The molecule has 0 radical (unpaired) electrons. The highest BCUT2D eigenvalue weighted by Gasteiger charge is 2.35. The summed E-state index contributed by atoms with van der Waals surface area (Å²) in [6, 6.07) is -4.79. The van der Waals surface area contributed by atoms with Crippen molar-refractivity contribution in [3.8, 4) is 0 Å². The maximum absolute atomic E-state index is 13.3. The average Bonchev–Trinajstić information content (AvgIpc) is 2.84. The fourth-order valence-corrected chi connectivity index (χ4v) is 3.78. The van der Waals surface area contributed by atoms with Crippen LogP contribution in [0.3, 0.4) is 0 Å². The van der Waals surface area contributed by atoms with E-state index in [0.717, 1.165) is 0 Å². The van der Waals surface area contributed by atoms with Crippen molar-refractivity contribution in [1.82, 2.24) is 21.3 Å². The third-order valence-electron chi connectivity index (χ3n) is 7.08. The second-order valence-corrected chi connectivity index (χ2v) is 11.3. The van der Waals surface area contributed by atoms with Crippen molar-refractivity contribution in [3.05, 3.63) is 0 Å². The first-order valence-electron chi connectivity index (χ1n) is 13.7. The van der Waals surface area contributed by atoms with Gasteiger partial charge in [-0.05, 0) is 29.6 Å². The van der Waals surface area contributed by atoms with Crippen LogP contribution in [0.5, 0.6) is 0 Å². The molecule has 0 rings (SSSR count). The maximum Gasteiger partial charge on any atom is 0.326 e. The number of aliphatic carboxylic acids is 1. The Morgan fingerprint density at radius 2 is 0.842 bits per heavy atom. The first kappa shape index (κ1) is 35.3. The maximum atomic E-state index is 13.3. The van der Waals surface area contributed by atoms with Gasteiger partial charge < -0.3 is 32.1 Å². The highest BCUT2D eigenvalue weighted by Crippen LogP contribution is 2.13. The summed E-state index contributed by atoms with van der Waals surface area (Å²) in [5, 5.41) is 20.2. The lowest BCUT2D eigenvalue weighted by Gasteiger charge is -2.30. The smallest absolute Gasteiger partial charge is 0.326 e. The number of carboxylic acids is 1. The lowest BCUT2D eigenvalue weighted by Crippen LogP contribution is -2.61. The van der Waals surface area contributed by atoms with Crippen LogP contribution in [-0.2, 0) is 24.0 Å². The molecule has 0 heterocycles. The monoisotopic (exact) mass is 541 g/mol. The Morgan fingerprint density at radius 1 is 0.553 bits per heavy atom. The van der Waals surface area contributed by atoms with Gasteiger partial charge in [-0.15, -0.1) is 0 Å². The molecular weight excluding hydrogens is 490 g/mol. The third-order valence-corrected chi connectivity index (χ3v) is 7.08. The summed E-state index contributed by atoms with van der Waals surface area (Å²) in [5.41, 5.74) is 6.03. The number of amides is 4. The molecule has 4 amide bonds. The molecule has 11 nitrogen and oxygen atoms in total. The van der Waals surface area contributed by atoms with Crippen LogP contribution < -0.4 is 27.0 Å². The number of hydrogen-bond donors (Lipinski definition) is 6. The largest absolute Gasteiger partial charge is 0.480 e. The van der Waals surface area contributed by atoms with E-state index in [1.165, 1.54) is 0 Å². The lowest BCUT2D eigenvalue weighted by atomic mass is 9.95. The second kappa shape index (κ2) is 16.3. The number of carboxylic acid groups (broad SMARTS) is 1. The van der Waals surface area contributed by atoms with Gasteiger partial charge in [-0.2, -0.15) is 0 Å². The van der Waals surface area contributed by atoms with Gasteiger partial charge in [0.05, 0.1) is 6.04 Å². The zero-order chi connectivity index (χ0) is 29.9. The zero-order valence-corrected chi connectivity index (χ0v) is 24.8. The zero-order valence-electron chi connectivity index (χ0n) is 24.8. The van der Waals surface area contributed by atoms with Crippen molar-refractivity contribution >= 4 is 29.6 Å². The van der Waals surface area contributed by atoms with Gasteiger partial charge in [-0.25, -0.2) is 4.79 Å². The molecule has 0 bridgehead atoms. The second-order valence-electron chi connectivity index (χ2n) is 11.3. The van der Waals surface area contributed by atoms with Gasteiger partial charge in [-0.1, -0.05) is 82.1 Å². The van der Waals surface area contributed by atoms with Gasteiger partial charge >= 0.3 is 5.97 Å². The summed E-state index contributed by atoms with van der Waals surface area (Å²) in [5.74, 6) is -4.66. The van der Waals surface area contributed by atoms with Gasteiger partial charge in [0.2, 0.25) is 23.6 Å². The Bertz CT molecular complexity index is 816. The fourth-order valence-electron chi connectivity index (χ4n) is 3.78. The van der Waals surface area contributed by atoms with Crippen molar-refractivity contribution in [2.75, 3.05) is 0 Å². The Labute approximate surface area is 227 Å². The number of nitrogens with one attached hydrogen (secondary N) is 4. The summed E-state index contributed by atoms with van der Waals surface area (Å²) in [6.07, 6.45) is 1.26. The van der Waals surface area contributed by atoms with E-state index in [2.05, 4.69) is 21.3 Å². The molecule has 7 atom stereocenters. The van der Waals surface area contributed by atoms with E-state index in [4.69, 9.17) is 5.73 Å². The molecule has 7 N–H and O–H groups in total. The molecule has 7 unspecified atom stereocenters. The van der Waals surface area contributed by atoms with E-state index < -0.39 is 59.8 Å². The molecule has 0 aliphatic heterocycles. The third kappa shape index (κ3) is 10.6. The topological polar surface area (TPSA) is 180 Å². The van der Waals surface area contributed by atoms with Crippen LogP contribution in [0, 0.1) is 29.6 Å². The Kier molecular flexibility index (Phi) is 15.2. The molecule has 0 fully saturated rings. The minimum absolute atomic E-state index is 0.0692. The first-order valence-corrected chi connectivity index (χ1v) is 13.7. The molecule has 0 saturated carbocycles. The molecule has 220 valence electrons. The Balaban J connectivity index is 5.69. The van der Waals surface area contributed by atoms with E-state index in [0.29, 0.717) is 12.8 Å². The van der Waals surface area contributed by atoms with Crippen LogP contribution in [0.15, 0.2) is 0 Å². The first-order chi connectivity index (χ1) is 17.5. The molecule has 0 aromatic rings. The van der Waals surface area contributed by atoms with Crippen molar-refractivity contribution in [1.29, 1.82) is 0 Å². The predicted octanol–water partition coefficient (Wildman–Crippen LogP) is 1.40. The summed E-state index contributed by atoms with van der Waals surface area (Å²) in [7, 11) is 0.